The lowest BCUT2D eigenvalue weighted by Gasteiger charge is -2.34. The van der Waals surface area contributed by atoms with Crippen LogP contribution >= 0.6 is 0 Å². The van der Waals surface area contributed by atoms with E-state index in [9.17, 15) is 14.4 Å². The van der Waals surface area contributed by atoms with Crippen LogP contribution in [0.4, 0.5) is 11.5 Å². The van der Waals surface area contributed by atoms with Gasteiger partial charge in [0.25, 0.3) is 0 Å². The molecule has 0 bridgehead atoms. The molecule has 0 aliphatic carbocycles. The maximum absolute atomic E-state index is 12.8. The number of anilines is 2. The first-order valence-electron chi connectivity index (χ1n) is 12.5. The number of nitrogens with one attached hydrogen (secondary N) is 2. The fourth-order valence-corrected chi connectivity index (χ4v) is 4.80. The Kier molecular flexibility index (Phi) is 8.59. The summed E-state index contributed by atoms with van der Waals surface area (Å²) in [4.78, 5) is 49.8. The van der Waals surface area contributed by atoms with Crippen molar-refractivity contribution in [2.45, 2.75) is 32.2 Å². The Balaban J connectivity index is 1.37. The monoisotopic (exact) mass is 527 g/mol. The fraction of sp³-hybridized carbons (Fsp3) is 0.480. The van der Waals surface area contributed by atoms with E-state index in [0.29, 0.717) is 42.1 Å². The maximum Gasteiger partial charge on any atom is 0.328 e. The highest BCUT2D eigenvalue weighted by atomic mass is 16.5. The number of fused-ring (bicyclic) bond motifs is 1. The lowest BCUT2D eigenvalue weighted by atomic mass is 9.90. The molecule has 1 saturated heterocycles. The summed E-state index contributed by atoms with van der Waals surface area (Å²) in [5, 5.41) is 11.8. The zero-order chi connectivity index (χ0) is 27.2. The number of carbonyl (C=O) groups is 2. The standard InChI is InChI=1S/C25H33N7O6/c1-15(32-23-21(28-25(32)36)22(26)29-24(30-23)38-11-10-37-2)17-6-8-31(9-7-17)14-19(33)27-18-5-3-4-16(12-18)13-20(34)35/h3-5,12,15,17H,6-11,13-14H2,1-2H3,(H,27,33)(H,28,36)(H,34,35)(H2,26,29,30). The largest absolute Gasteiger partial charge is 0.481 e. The molecule has 1 aliphatic heterocycles. The van der Waals surface area contributed by atoms with E-state index in [1.807, 2.05) is 6.92 Å². The van der Waals surface area contributed by atoms with E-state index in [1.54, 1.807) is 35.9 Å². The van der Waals surface area contributed by atoms with Crippen molar-refractivity contribution >= 4 is 34.5 Å². The number of benzene rings is 1. The van der Waals surface area contributed by atoms with Gasteiger partial charge in [0.2, 0.25) is 5.91 Å². The molecule has 1 atom stereocenters. The van der Waals surface area contributed by atoms with Crippen molar-refractivity contribution in [3.8, 4) is 6.01 Å². The predicted octanol–water partition coefficient (Wildman–Crippen LogP) is 1.27. The molecule has 3 aromatic rings. The van der Waals surface area contributed by atoms with Gasteiger partial charge < -0.3 is 30.6 Å². The Morgan fingerprint density at radius 3 is 2.74 bits per heavy atom. The van der Waals surface area contributed by atoms with E-state index in [-0.39, 0.29) is 55.0 Å². The molecule has 1 unspecified atom stereocenters. The second kappa shape index (κ2) is 12.0. The molecule has 1 aliphatic rings. The number of rotatable bonds is 11. The van der Waals surface area contributed by atoms with Gasteiger partial charge in [0.15, 0.2) is 11.5 Å². The second-order valence-corrected chi connectivity index (χ2v) is 9.40. The second-order valence-electron chi connectivity index (χ2n) is 9.40. The van der Waals surface area contributed by atoms with Crippen molar-refractivity contribution < 1.29 is 24.2 Å². The number of piperidine rings is 1. The van der Waals surface area contributed by atoms with Crippen molar-refractivity contribution in [1.82, 2.24) is 24.4 Å². The molecular weight excluding hydrogens is 494 g/mol. The van der Waals surface area contributed by atoms with E-state index in [2.05, 4.69) is 25.2 Å². The average molecular weight is 528 g/mol. The van der Waals surface area contributed by atoms with E-state index in [1.165, 1.54) is 0 Å². The molecule has 13 nitrogen and oxygen atoms in total. The predicted molar refractivity (Wildman–Crippen MR) is 140 cm³/mol. The summed E-state index contributed by atoms with van der Waals surface area (Å²) in [6, 6.07) is 6.76. The number of H-pyrrole nitrogens is 1. The highest BCUT2D eigenvalue weighted by Crippen LogP contribution is 2.30. The third kappa shape index (κ3) is 6.47. The van der Waals surface area contributed by atoms with Crippen molar-refractivity contribution in [3.63, 3.8) is 0 Å². The van der Waals surface area contributed by atoms with Gasteiger partial charge in [-0.2, -0.15) is 9.97 Å². The highest BCUT2D eigenvalue weighted by Gasteiger charge is 2.29. The number of hydrogen-bond acceptors (Lipinski definition) is 9. The lowest BCUT2D eigenvalue weighted by molar-refractivity contribution is -0.136. The molecule has 4 rings (SSSR count). The minimum Gasteiger partial charge on any atom is -0.481 e. The van der Waals surface area contributed by atoms with Crippen LogP contribution in [0.1, 0.15) is 31.4 Å². The summed E-state index contributed by atoms with van der Waals surface area (Å²) >= 11 is 0. The van der Waals surface area contributed by atoms with Crippen LogP contribution in [0.25, 0.3) is 11.2 Å². The average Bonchev–Trinajstić information content (AvgIpc) is 3.20. The number of likely N-dealkylation sites (tertiary alicyclic amines) is 1. The van der Waals surface area contributed by atoms with Crippen LogP contribution in [0.2, 0.25) is 0 Å². The van der Waals surface area contributed by atoms with E-state index in [0.717, 1.165) is 12.8 Å². The number of nitrogens with two attached hydrogens (primary N) is 1. The Morgan fingerprint density at radius 2 is 2.03 bits per heavy atom. The normalized spacial score (nSPS) is 15.4. The van der Waals surface area contributed by atoms with Gasteiger partial charge in [-0.15, -0.1) is 0 Å². The number of amides is 1. The number of hydrogen-bond donors (Lipinski definition) is 4. The third-order valence-corrected chi connectivity index (χ3v) is 6.75. The number of carboxylic acids is 1. The van der Waals surface area contributed by atoms with Gasteiger partial charge in [-0.05, 0) is 56.5 Å². The van der Waals surface area contributed by atoms with Crippen LogP contribution < -0.4 is 21.5 Å². The maximum atomic E-state index is 12.8. The SMILES string of the molecule is COCCOc1nc(N)c2[nH]c(=O)n(C(C)C3CCN(CC(=O)Nc4cccc(CC(=O)O)c4)CC3)c2n1. The third-order valence-electron chi connectivity index (χ3n) is 6.75. The van der Waals surface area contributed by atoms with Gasteiger partial charge in [-0.1, -0.05) is 12.1 Å². The Hall–Kier alpha value is -3.97. The quantitative estimate of drug-likeness (QED) is 0.265. The molecule has 1 fully saturated rings. The number of methoxy groups -OCH3 is 1. The minimum atomic E-state index is -0.924. The van der Waals surface area contributed by atoms with Crippen molar-refractivity contribution in [1.29, 1.82) is 0 Å². The molecule has 3 heterocycles. The molecule has 2 aromatic heterocycles. The van der Waals surface area contributed by atoms with Gasteiger partial charge in [-0.3, -0.25) is 19.1 Å². The molecule has 38 heavy (non-hydrogen) atoms. The van der Waals surface area contributed by atoms with Crippen molar-refractivity contribution in [2.24, 2.45) is 5.92 Å². The molecule has 204 valence electrons. The Morgan fingerprint density at radius 1 is 1.26 bits per heavy atom. The summed E-state index contributed by atoms with van der Waals surface area (Å²) in [7, 11) is 1.56. The molecule has 1 aromatic carbocycles. The Bertz CT molecular complexity index is 1350. The van der Waals surface area contributed by atoms with E-state index >= 15 is 0 Å². The van der Waals surface area contributed by atoms with Crippen molar-refractivity contribution in [3.05, 3.63) is 40.3 Å². The molecule has 0 saturated carbocycles. The fourth-order valence-electron chi connectivity index (χ4n) is 4.80. The van der Waals surface area contributed by atoms with Gasteiger partial charge in [0.1, 0.15) is 12.1 Å². The number of nitrogen functional groups attached to an aromatic ring is 1. The van der Waals surface area contributed by atoms with Crippen LogP contribution in [0.3, 0.4) is 0 Å². The number of aromatic amines is 1. The molecule has 13 heteroatoms. The lowest BCUT2D eigenvalue weighted by Crippen LogP contribution is -2.41. The first-order valence-corrected chi connectivity index (χ1v) is 12.5. The van der Waals surface area contributed by atoms with Crippen LogP contribution in [-0.2, 0) is 20.7 Å². The smallest absolute Gasteiger partial charge is 0.328 e. The Labute approximate surface area is 219 Å². The van der Waals surface area contributed by atoms with Gasteiger partial charge in [0, 0.05) is 18.8 Å². The van der Waals surface area contributed by atoms with E-state index in [4.69, 9.17) is 20.3 Å². The van der Waals surface area contributed by atoms with Crippen LogP contribution in [-0.4, -0.2) is 81.4 Å². The number of aliphatic carboxylic acids is 1. The zero-order valence-corrected chi connectivity index (χ0v) is 21.5. The van der Waals surface area contributed by atoms with Gasteiger partial charge >= 0.3 is 17.7 Å². The number of nitrogens with zero attached hydrogens (tertiary/aromatic N) is 4. The summed E-state index contributed by atoms with van der Waals surface area (Å²) in [5.41, 5.74) is 7.71. The first-order chi connectivity index (χ1) is 18.2. The summed E-state index contributed by atoms with van der Waals surface area (Å²) < 4.78 is 12.1. The first kappa shape index (κ1) is 27.1. The number of carboxylic acid groups (broad SMARTS) is 1. The summed E-state index contributed by atoms with van der Waals surface area (Å²) in [6.07, 6.45) is 1.48. The summed E-state index contributed by atoms with van der Waals surface area (Å²) in [5.74, 6) is -0.759. The topological polar surface area (TPSA) is 178 Å². The molecule has 0 spiro atoms. The van der Waals surface area contributed by atoms with Crippen LogP contribution in [0.15, 0.2) is 29.1 Å². The van der Waals surface area contributed by atoms with Gasteiger partial charge in [0.05, 0.1) is 19.6 Å². The molecule has 0 radical (unpaired) electrons. The number of ether oxygens (including phenoxy) is 2. The molecule has 5 N–H and O–H groups in total. The minimum absolute atomic E-state index is 0.0846. The number of carbonyl (C=O) groups excluding carboxylic acids is 1. The van der Waals surface area contributed by atoms with Crippen LogP contribution in [0.5, 0.6) is 6.01 Å². The van der Waals surface area contributed by atoms with Crippen LogP contribution in [0, 0.1) is 5.92 Å². The zero-order valence-electron chi connectivity index (χ0n) is 21.5. The molecular formula is C25H33N7O6. The highest BCUT2D eigenvalue weighted by molar-refractivity contribution is 5.92. The molecule has 1 amide bonds. The van der Waals surface area contributed by atoms with Gasteiger partial charge in [-0.25, -0.2) is 4.79 Å². The number of aromatic nitrogens is 4. The summed E-state index contributed by atoms with van der Waals surface area (Å²) in [6.45, 7) is 4.22. The van der Waals surface area contributed by atoms with Crippen molar-refractivity contribution in [2.75, 3.05) is 51.0 Å². The van der Waals surface area contributed by atoms with E-state index < -0.39 is 5.97 Å². The number of imidazole rings is 1.